The Labute approximate surface area is 216 Å². The van der Waals surface area contributed by atoms with Crippen LogP contribution in [-0.2, 0) is 10.2 Å². The maximum absolute atomic E-state index is 13.2. The number of amides is 2. The lowest BCUT2D eigenvalue weighted by Gasteiger charge is -2.22. The molecule has 0 spiro atoms. The molecule has 2 amide bonds. The highest BCUT2D eigenvalue weighted by Crippen LogP contribution is 2.28. The van der Waals surface area contributed by atoms with Crippen molar-refractivity contribution in [3.05, 3.63) is 75.4 Å². The molecule has 0 fully saturated rings. The van der Waals surface area contributed by atoms with E-state index < -0.39 is 0 Å². The molecule has 1 aromatic heterocycles. The molecule has 1 N–H and O–H groups in total. The molecule has 6 nitrogen and oxygen atoms in total. The van der Waals surface area contributed by atoms with Crippen LogP contribution in [0.3, 0.4) is 0 Å². The van der Waals surface area contributed by atoms with Crippen LogP contribution < -0.4 is 5.32 Å². The predicted molar refractivity (Wildman–Crippen MR) is 145 cm³/mol. The second-order valence-corrected chi connectivity index (χ2v) is 10.9. The fourth-order valence-corrected chi connectivity index (χ4v) is 4.06. The van der Waals surface area contributed by atoms with Gasteiger partial charge in [-0.2, -0.15) is 5.10 Å². The summed E-state index contributed by atoms with van der Waals surface area (Å²) in [5.74, 6) is 0.190. The van der Waals surface area contributed by atoms with E-state index in [4.69, 9.17) is 5.10 Å². The van der Waals surface area contributed by atoms with Gasteiger partial charge in [-0.05, 0) is 56.2 Å². The van der Waals surface area contributed by atoms with E-state index in [-0.39, 0.29) is 23.8 Å². The van der Waals surface area contributed by atoms with Gasteiger partial charge in [0.25, 0.3) is 5.91 Å². The summed E-state index contributed by atoms with van der Waals surface area (Å²) in [6, 6.07) is 15.3. The van der Waals surface area contributed by atoms with E-state index in [1.807, 2.05) is 37.3 Å². The summed E-state index contributed by atoms with van der Waals surface area (Å²) in [7, 11) is 0. The summed E-state index contributed by atoms with van der Waals surface area (Å²) < 4.78 is 2.70. The first-order valence-corrected chi connectivity index (χ1v) is 12.8. The normalized spacial score (nSPS) is 11.4. The molecular formula is C28H35BrN4O2. The third-order valence-electron chi connectivity index (χ3n) is 5.82. The zero-order valence-electron chi connectivity index (χ0n) is 21.5. The number of aryl methyl sites for hydroxylation is 2. The van der Waals surface area contributed by atoms with Crippen molar-refractivity contribution in [2.24, 2.45) is 0 Å². The predicted octanol–water partition coefficient (Wildman–Crippen LogP) is 6.43. The Morgan fingerprint density at radius 1 is 1.06 bits per heavy atom. The van der Waals surface area contributed by atoms with E-state index in [0.29, 0.717) is 17.9 Å². The molecule has 3 aromatic rings. The summed E-state index contributed by atoms with van der Waals surface area (Å²) in [6.45, 7) is 12.9. The standard InChI is InChI=1S/C28H35BrN4O2/c1-7-8-15-32(27(35)21-10-12-22(29)13-11-21)18-26(34)30-25-17-24(28(4,5)6)31-33(25)23-14-9-19(2)16-20(23)3/h9-14,16-17H,7-8,15,18H2,1-6H3,(H,30,34). The third kappa shape index (κ3) is 6.82. The zero-order valence-corrected chi connectivity index (χ0v) is 23.1. The van der Waals surface area contributed by atoms with Crippen molar-refractivity contribution in [3.63, 3.8) is 0 Å². The van der Waals surface area contributed by atoms with Gasteiger partial charge in [0.2, 0.25) is 5.91 Å². The summed E-state index contributed by atoms with van der Waals surface area (Å²) in [5.41, 5.74) is 4.40. The fourth-order valence-electron chi connectivity index (χ4n) is 3.80. The average molecular weight is 540 g/mol. The molecule has 0 aliphatic carbocycles. The maximum atomic E-state index is 13.2. The molecule has 3 rings (SSSR count). The van der Waals surface area contributed by atoms with Crippen molar-refractivity contribution in [3.8, 4) is 5.69 Å². The number of hydrogen-bond donors (Lipinski definition) is 1. The fraction of sp³-hybridized carbons (Fsp3) is 0.393. The monoisotopic (exact) mass is 538 g/mol. The van der Waals surface area contributed by atoms with Crippen LogP contribution in [0, 0.1) is 13.8 Å². The molecule has 0 saturated heterocycles. The summed E-state index contributed by atoms with van der Waals surface area (Å²) in [4.78, 5) is 28.0. The Morgan fingerprint density at radius 3 is 2.34 bits per heavy atom. The lowest BCUT2D eigenvalue weighted by molar-refractivity contribution is -0.117. The molecule has 0 radical (unpaired) electrons. The van der Waals surface area contributed by atoms with E-state index in [1.165, 1.54) is 0 Å². The van der Waals surface area contributed by atoms with Crippen molar-refractivity contribution >= 4 is 33.6 Å². The number of carbonyl (C=O) groups excluding carboxylic acids is 2. The van der Waals surface area contributed by atoms with Crippen molar-refractivity contribution in [2.75, 3.05) is 18.4 Å². The van der Waals surface area contributed by atoms with Gasteiger partial charge in [-0.15, -0.1) is 0 Å². The summed E-state index contributed by atoms with van der Waals surface area (Å²) >= 11 is 3.40. The van der Waals surface area contributed by atoms with Crippen LogP contribution in [-0.4, -0.2) is 39.6 Å². The number of unbranched alkanes of at least 4 members (excludes halogenated alkanes) is 1. The van der Waals surface area contributed by atoms with Crippen molar-refractivity contribution < 1.29 is 9.59 Å². The number of halogens is 1. The van der Waals surface area contributed by atoms with E-state index in [2.05, 4.69) is 61.9 Å². The molecule has 0 saturated carbocycles. The molecule has 0 aliphatic heterocycles. The minimum Gasteiger partial charge on any atom is -0.329 e. The highest BCUT2D eigenvalue weighted by atomic mass is 79.9. The van der Waals surface area contributed by atoms with E-state index in [9.17, 15) is 9.59 Å². The Hall–Kier alpha value is -2.93. The lowest BCUT2D eigenvalue weighted by Crippen LogP contribution is -2.39. The molecule has 7 heteroatoms. The van der Waals surface area contributed by atoms with Gasteiger partial charge in [0.05, 0.1) is 11.4 Å². The van der Waals surface area contributed by atoms with Crippen molar-refractivity contribution in [1.82, 2.24) is 14.7 Å². The minimum atomic E-state index is -0.252. The minimum absolute atomic E-state index is 0.0300. The topological polar surface area (TPSA) is 67.2 Å². The van der Waals surface area contributed by atoms with E-state index in [0.717, 1.165) is 39.8 Å². The Bertz CT molecular complexity index is 1190. The molecule has 35 heavy (non-hydrogen) atoms. The van der Waals surface area contributed by atoms with Gasteiger partial charge in [-0.3, -0.25) is 9.59 Å². The van der Waals surface area contributed by atoms with Gasteiger partial charge >= 0.3 is 0 Å². The summed E-state index contributed by atoms with van der Waals surface area (Å²) in [6.07, 6.45) is 1.75. The third-order valence-corrected chi connectivity index (χ3v) is 6.35. The number of nitrogens with one attached hydrogen (secondary N) is 1. The first kappa shape index (κ1) is 26.7. The van der Waals surface area contributed by atoms with Crippen LogP contribution in [0.4, 0.5) is 5.82 Å². The number of carbonyl (C=O) groups is 2. The lowest BCUT2D eigenvalue weighted by atomic mass is 9.92. The van der Waals surface area contributed by atoms with Gasteiger partial charge in [-0.25, -0.2) is 4.68 Å². The number of aromatic nitrogens is 2. The zero-order chi connectivity index (χ0) is 25.8. The van der Waals surface area contributed by atoms with Crippen LogP contribution in [0.15, 0.2) is 53.0 Å². The van der Waals surface area contributed by atoms with Crippen LogP contribution in [0.25, 0.3) is 5.69 Å². The molecular weight excluding hydrogens is 504 g/mol. The number of rotatable bonds is 8. The Kier molecular flexibility index (Phi) is 8.54. The van der Waals surface area contributed by atoms with Gasteiger partial charge < -0.3 is 10.2 Å². The summed E-state index contributed by atoms with van der Waals surface area (Å²) in [5, 5.41) is 7.86. The van der Waals surface area contributed by atoms with Crippen LogP contribution >= 0.6 is 15.9 Å². The first-order valence-electron chi connectivity index (χ1n) is 12.0. The van der Waals surface area contributed by atoms with Crippen LogP contribution in [0.1, 0.15) is 67.7 Å². The molecule has 0 atom stereocenters. The molecule has 1 heterocycles. The molecule has 0 aliphatic rings. The number of benzene rings is 2. The van der Waals surface area contributed by atoms with Gasteiger partial charge in [0.1, 0.15) is 12.4 Å². The van der Waals surface area contributed by atoms with Crippen molar-refractivity contribution in [1.29, 1.82) is 0 Å². The number of hydrogen-bond acceptors (Lipinski definition) is 3. The Balaban J connectivity index is 1.88. The second-order valence-electron chi connectivity index (χ2n) is 10.0. The quantitative estimate of drug-likeness (QED) is 0.359. The molecule has 186 valence electrons. The van der Waals surface area contributed by atoms with Crippen LogP contribution in [0.5, 0.6) is 0 Å². The van der Waals surface area contributed by atoms with E-state index >= 15 is 0 Å². The highest BCUT2D eigenvalue weighted by Gasteiger charge is 2.24. The van der Waals surface area contributed by atoms with Crippen molar-refractivity contribution in [2.45, 2.75) is 59.8 Å². The molecule has 0 unspecified atom stereocenters. The average Bonchev–Trinajstić information content (AvgIpc) is 3.20. The SMILES string of the molecule is CCCCN(CC(=O)Nc1cc(C(C)(C)C)nn1-c1ccc(C)cc1C)C(=O)c1ccc(Br)cc1. The van der Waals surface area contributed by atoms with Gasteiger partial charge in [-0.1, -0.05) is 67.7 Å². The largest absolute Gasteiger partial charge is 0.329 e. The maximum Gasteiger partial charge on any atom is 0.254 e. The van der Waals surface area contributed by atoms with Gasteiger partial charge in [0, 0.05) is 28.1 Å². The smallest absolute Gasteiger partial charge is 0.254 e. The first-order chi connectivity index (χ1) is 16.5. The highest BCUT2D eigenvalue weighted by molar-refractivity contribution is 9.10. The Morgan fingerprint density at radius 2 is 1.74 bits per heavy atom. The number of anilines is 1. The molecule has 0 bridgehead atoms. The molecule has 2 aromatic carbocycles. The van der Waals surface area contributed by atoms with E-state index in [1.54, 1.807) is 21.7 Å². The number of nitrogens with zero attached hydrogens (tertiary/aromatic N) is 3. The second kappa shape index (κ2) is 11.2. The van der Waals surface area contributed by atoms with Gasteiger partial charge in [0.15, 0.2) is 0 Å². The van der Waals surface area contributed by atoms with Crippen LogP contribution in [0.2, 0.25) is 0 Å².